The zero-order valence-corrected chi connectivity index (χ0v) is 18.4. The van der Waals surface area contributed by atoms with E-state index in [2.05, 4.69) is 69.4 Å². The molecule has 160 valence electrons. The van der Waals surface area contributed by atoms with Crippen LogP contribution in [0.2, 0.25) is 0 Å². The summed E-state index contributed by atoms with van der Waals surface area (Å²) >= 11 is 0. The molecule has 1 saturated heterocycles. The van der Waals surface area contributed by atoms with Crippen molar-refractivity contribution in [3.63, 3.8) is 0 Å². The molecule has 1 N–H and O–H groups in total. The standard InChI is InChI=1S/C24H26N6.ClH/c1-28-14-13-26-24(28)22-16-25-12-15-29(22)17-20-18-30(21-10-6-3-7-11-21)27-23(20)19-8-4-2-5-9-19;/h2-11,13-14,18,22,25H,12,15-17H2,1H3;1H. The van der Waals surface area contributed by atoms with Gasteiger partial charge in [-0.25, -0.2) is 9.67 Å². The molecule has 2 aromatic heterocycles. The van der Waals surface area contributed by atoms with E-state index < -0.39 is 0 Å². The van der Waals surface area contributed by atoms with Crippen LogP contribution in [0, 0.1) is 0 Å². The van der Waals surface area contributed by atoms with Gasteiger partial charge in [0.15, 0.2) is 0 Å². The topological polar surface area (TPSA) is 50.9 Å². The minimum atomic E-state index is 0. The maximum atomic E-state index is 4.98. The van der Waals surface area contributed by atoms with Gasteiger partial charge in [0.05, 0.1) is 17.4 Å². The molecule has 4 aromatic rings. The third-order valence-electron chi connectivity index (χ3n) is 5.74. The van der Waals surface area contributed by atoms with Gasteiger partial charge in [0, 0.05) is 62.9 Å². The van der Waals surface area contributed by atoms with Crippen LogP contribution in [0.25, 0.3) is 16.9 Å². The van der Waals surface area contributed by atoms with Crippen LogP contribution in [0.3, 0.4) is 0 Å². The van der Waals surface area contributed by atoms with Gasteiger partial charge in [-0.1, -0.05) is 48.5 Å². The minimum Gasteiger partial charge on any atom is -0.337 e. The van der Waals surface area contributed by atoms with Gasteiger partial charge in [0.1, 0.15) is 5.82 Å². The maximum absolute atomic E-state index is 4.98. The molecule has 1 aliphatic heterocycles. The van der Waals surface area contributed by atoms with Crippen LogP contribution in [0.4, 0.5) is 0 Å². The molecule has 0 spiro atoms. The highest BCUT2D eigenvalue weighted by Gasteiger charge is 2.28. The fourth-order valence-corrected chi connectivity index (χ4v) is 4.18. The van der Waals surface area contributed by atoms with Gasteiger partial charge in [0.2, 0.25) is 0 Å². The van der Waals surface area contributed by atoms with Crippen molar-refractivity contribution in [3.8, 4) is 16.9 Å². The van der Waals surface area contributed by atoms with Gasteiger partial charge < -0.3 is 9.88 Å². The van der Waals surface area contributed by atoms with Gasteiger partial charge in [0.25, 0.3) is 0 Å². The van der Waals surface area contributed by atoms with Crippen molar-refractivity contribution < 1.29 is 0 Å². The molecule has 2 aromatic carbocycles. The Bertz CT molecular complexity index is 1110. The quantitative estimate of drug-likeness (QED) is 0.518. The molecule has 0 amide bonds. The van der Waals surface area contributed by atoms with Crippen molar-refractivity contribution in [3.05, 3.63) is 90.6 Å². The molecule has 1 unspecified atom stereocenters. The molecule has 3 heterocycles. The molecule has 0 bridgehead atoms. The van der Waals surface area contributed by atoms with E-state index in [0.29, 0.717) is 0 Å². The highest BCUT2D eigenvalue weighted by Crippen LogP contribution is 2.28. The second-order valence-corrected chi connectivity index (χ2v) is 7.74. The molecule has 5 rings (SSSR count). The molecule has 31 heavy (non-hydrogen) atoms. The van der Waals surface area contributed by atoms with Crippen molar-refractivity contribution in [1.82, 2.24) is 29.5 Å². The number of hydrogen-bond donors (Lipinski definition) is 1. The average Bonchev–Trinajstić information content (AvgIpc) is 3.42. The Balaban J connectivity index is 0.00000231. The lowest BCUT2D eigenvalue weighted by Crippen LogP contribution is -2.46. The summed E-state index contributed by atoms with van der Waals surface area (Å²) in [4.78, 5) is 7.14. The van der Waals surface area contributed by atoms with E-state index in [-0.39, 0.29) is 18.4 Å². The van der Waals surface area contributed by atoms with Crippen LogP contribution in [0.1, 0.15) is 17.4 Å². The van der Waals surface area contributed by atoms with Crippen LogP contribution < -0.4 is 5.32 Å². The van der Waals surface area contributed by atoms with Gasteiger partial charge in [-0.2, -0.15) is 5.10 Å². The van der Waals surface area contributed by atoms with Crippen LogP contribution in [0.15, 0.2) is 79.3 Å². The molecule has 6 nitrogen and oxygen atoms in total. The number of imidazole rings is 1. The van der Waals surface area contributed by atoms with Crippen LogP contribution in [-0.2, 0) is 13.6 Å². The Morgan fingerprint density at radius 1 is 1.03 bits per heavy atom. The van der Waals surface area contributed by atoms with Gasteiger partial charge in [-0.3, -0.25) is 4.90 Å². The molecular weight excluding hydrogens is 408 g/mol. The zero-order valence-electron chi connectivity index (χ0n) is 17.6. The monoisotopic (exact) mass is 434 g/mol. The summed E-state index contributed by atoms with van der Waals surface area (Å²) in [5.74, 6) is 1.10. The van der Waals surface area contributed by atoms with Crippen molar-refractivity contribution in [2.75, 3.05) is 19.6 Å². The molecule has 0 saturated carbocycles. The van der Waals surface area contributed by atoms with Crippen molar-refractivity contribution in [1.29, 1.82) is 0 Å². The van der Waals surface area contributed by atoms with Gasteiger partial charge in [-0.15, -0.1) is 12.4 Å². The predicted molar refractivity (Wildman–Crippen MR) is 125 cm³/mol. The molecule has 7 heteroatoms. The summed E-state index contributed by atoms with van der Waals surface area (Å²) in [7, 11) is 2.07. The number of piperazine rings is 1. The summed E-state index contributed by atoms with van der Waals surface area (Å²) in [6, 6.07) is 21.0. The number of halogens is 1. The van der Waals surface area contributed by atoms with E-state index in [1.165, 1.54) is 5.56 Å². The highest BCUT2D eigenvalue weighted by molar-refractivity contribution is 5.85. The number of aromatic nitrogens is 4. The first-order valence-corrected chi connectivity index (χ1v) is 10.4. The molecular formula is C24H27ClN6. The normalized spacial score (nSPS) is 16.7. The third kappa shape index (κ3) is 4.42. The Kier molecular flexibility index (Phi) is 6.51. The van der Waals surface area contributed by atoms with Crippen LogP contribution >= 0.6 is 12.4 Å². The summed E-state index contributed by atoms with van der Waals surface area (Å²) in [6.07, 6.45) is 6.07. The second kappa shape index (κ2) is 9.47. The molecule has 1 aliphatic rings. The average molecular weight is 435 g/mol. The van der Waals surface area contributed by atoms with Crippen molar-refractivity contribution in [2.45, 2.75) is 12.6 Å². The Morgan fingerprint density at radius 2 is 1.77 bits per heavy atom. The number of rotatable bonds is 5. The van der Waals surface area contributed by atoms with Crippen molar-refractivity contribution >= 4 is 12.4 Å². The first-order valence-electron chi connectivity index (χ1n) is 10.4. The number of hydrogen-bond acceptors (Lipinski definition) is 4. The maximum Gasteiger partial charge on any atom is 0.127 e. The predicted octanol–water partition coefficient (Wildman–Crippen LogP) is 3.84. The zero-order chi connectivity index (χ0) is 20.3. The van der Waals surface area contributed by atoms with Crippen LogP contribution in [-0.4, -0.2) is 43.9 Å². The Labute approximate surface area is 188 Å². The molecule has 0 radical (unpaired) electrons. The third-order valence-corrected chi connectivity index (χ3v) is 5.74. The Morgan fingerprint density at radius 3 is 2.48 bits per heavy atom. The molecule has 0 aliphatic carbocycles. The van der Waals surface area contributed by atoms with Crippen molar-refractivity contribution in [2.24, 2.45) is 7.05 Å². The lowest BCUT2D eigenvalue weighted by Gasteiger charge is -2.35. The van der Waals surface area contributed by atoms with E-state index in [1.54, 1.807) is 0 Å². The number of aryl methyl sites for hydroxylation is 1. The number of nitrogens with zero attached hydrogens (tertiary/aromatic N) is 5. The number of para-hydroxylation sites is 1. The van der Waals surface area contributed by atoms with E-state index in [0.717, 1.165) is 48.9 Å². The van der Waals surface area contributed by atoms with E-state index >= 15 is 0 Å². The number of benzene rings is 2. The lowest BCUT2D eigenvalue weighted by molar-refractivity contribution is 0.145. The fourth-order valence-electron chi connectivity index (χ4n) is 4.18. The summed E-state index contributed by atoms with van der Waals surface area (Å²) in [5, 5.41) is 8.50. The minimum absolute atomic E-state index is 0. The summed E-state index contributed by atoms with van der Waals surface area (Å²) in [5.41, 5.74) is 4.48. The summed E-state index contributed by atoms with van der Waals surface area (Å²) < 4.78 is 4.12. The highest BCUT2D eigenvalue weighted by atomic mass is 35.5. The van der Waals surface area contributed by atoms with Crippen LogP contribution in [0.5, 0.6) is 0 Å². The van der Waals surface area contributed by atoms with E-state index in [1.807, 2.05) is 41.3 Å². The fraction of sp³-hybridized carbons (Fsp3) is 0.250. The first kappa shape index (κ1) is 21.3. The first-order chi connectivity index (χ1) is 14.8. The smallest absolute Gasteiger partial charge is 0.127 e. The largest absolute Gasteiger partial charge is 0.337 e. The SMILES string of the molecule is Cl.Cn1ccnc1C1CNCCN1Cc1cn(-c2ccccc2)nc1-c1ccccc1. The van der Waals surface area contributed by atoms with E-state index in [4.69, 9.17) is 5.10 Å². The summed E-state index contributed by atoms with van der Waals surface area (Å²) in [6.45, 7) is 3.69. The molecule has 1 fully saturated rings. The molecule has 1 atom stereocenters. The van der Waals surface area contributed by atoms with Gasteiger partial charge in [-0.05, 0) is 12.1 Å². The van der Waals surface area contributed by atoms with Gasteiger partial charge >= 0.3 is 0 Å². The van der Waals surface area contributed by atoms with E-state index in [9.17, 15) is 0 Å². The number of nitrogens with one attached hydrogen (secondary N) is 1. The Hall–Kier alpha value is -2.93. The lowest BCUT2D eigenvalue weighted by atomic mass is 10.1. The second-order valence-electron chi connectivity index (χ2n) is 7.74.